The predicted molar refractivity (Wildman–Crippen MR) is 67.4 cm³/mol. The summed E-state index contributed by atoms with van der Waals surface area (Å²) in [6, 6.07) is 11.1. The third kappa shape index (κ3) is 2.61. The summed E-state index contributed by atoms with van der Waals surface area (Å²) in [4.78, 5) is 3.99. The molecule has 1 N–H and O–H groups in total. The zero-order valence-electron chi connectivity index (χ0n) is 9.94. The molecule has 0 aliphatic rings. The van der Waals surface area contributed by atoms with E-state index in [1.165, 1.54) is 11.6 Å². The van der Waals surface area contributed by atoms with E-state index in [0.29, 0.717) is 5.82 Å². The summed E-state index contributed by atoms with van der Waals surface area (Å²) >= 11 is 0. The van der Waals surface area contributed by atoms with Crippen molar-refractivity contribution in [2.75, 3.05) is 5.32 Å². The molecule has 88 valence electrons. The molecule has 1 aromatic carbocycles. The number of hydrogen-bond donors (Lipinski definition) is 1. The molecule has 0 radical (unpaired) electrons. The molecule has 2 rings (SSSR count). The van der Waals surface area contributed by atoms with Gasteiger partial charge in [0, 0.05) is 6.20 Å². The Hall–Kier alpha value is -1.90. The number of halogens is 1. The van der Waals surface area contributed by atoms with Crippen LogP contribution in [0.2, 0.25) is 0 Å². The number of benzene rings is 1. The van der Waals surface area contributed by atoms with Crippen LogP contribution < -0.4 is 5.32 Å². The second kappa shape index (κ2) is 4.95. The Morgan fingerprint density at radius 2 is 1.94 bits per heavy atom. The highest BCUT2D eigenvalue weighted by Gasteiger charge is 2.10. The van der Waals surface area contributed by atoms with Crippen LogP contribution in [0.15, 0.2) is 42.6 Å². The number of nitrogens with zero attached hydrogens (tertiary/aromatic N) is 1. The average molecular weight is 230 g/mol. The SMILES string of the molecule is Cc1ccccc1C(C)Nc1ncccc1F. The number of anilines is 1. The molecule has 1 atom stereocenters. The van der Waals surface area contributed by atoms with Crippen LogP contribution in [0, 0.1) is 12.7 Å². The highest BCUT2D eigenvalue weighted by atomic mass is 19.1. The maximum absolute atomic E-state index is 13.4. The summed E-state index contributed by atoms with van der Waals surface area (Å²) in [6.45, 7) is 4.04. The number of rotatable bonds is 3. The van der Waals surface area contributed by atoms with Crippen molar-refractivity contribution >= 4 is 5.82 Å². The van der Waals surface area contributed by atoms with Crippen molar-refractivity contribution in [1.29, 1.82) is 0 Å². The van der Waals surface area contributed by atoms with Crippen molar-refractivity contribution in [1.82, 2.24) is 4.98 Å². The summed E-state index contributed by atoms with van der Waals surface area (Å²) in [6.07, 6.45) is 1.58. The van der Waals surface area contributed by atoms with Gasteiger partial charge in [-0.25, -0.2) is 9.37 Å². The van der Waals surface area contributed by atoms with Crippen molar-refractivity contribution in [3.8, 4) is 0 Å². The van der Waals surface area contributed by atoms with Crippen LogP contribution in [0.1, 0.15) is 24.1 Å². The Balaban J connectivity index is 2.20. The molecule has 0 aliphatic heterocycles. The van der Waals surface area contributed by atoms with Gasteiger partial charge in [-0.15, -0.1) is 0 Å². The highest BCUT2D eigenvalue weighted by Crippen LogP contribution is 2.21. The van der Waals surface area contributed by atoms with Crippen molar-refractivity contribution in [3.05, 3.63) is 59.5 Å². The van der Waals surface area contributed by atoms with Crippen molar-refractivity contribution in [2.24, 2.45) is 0 Å². The second-order valence-corrected chi connectivity index (χ2v) is 4.06. The Kier molecular flexibility index (Phi) is 3.38. The average Bonchev–Trinajstić information content (AvgIpc) is 2.32. The maximum Gasteiger partial charge on any atom is 0.165 e. The molecule has 0 spiro atoms. The first-order chi connectivity index (χ1) is 8.18. The van der Waals surface area contributed by atoms with E-state index in [4.69, 9.17) is 0 Å². The monoisotopic (exact) mass is 230 g/mol. The van der Waals surface area contributed by atoms with Gasteiger partial charge in [-0.1, -0.05) is 24.3 Å². The third-order valence-electron chi connectivity index (χ3n) is 2.77. The molecule has 0 aliphatic carbocycles. The van der Waals surface area contributed by atoms with Gasteiger partial charge < -0.3 is 5.32 Å². The molecule has 2 nitrogen and oxygen atoms in total. The van der Waals surface area contributed by atoms with Gasteiger partial charge in [0.15, 0.2) is 11.6 Å². The van der Waals surface area contributed by atoms with Crippen molar-refractivity contribution in [2.45, 2.75) is 19.9 Å². The molecule has 0 saturated heterocycles. The molecule has 0 bridgehead atoms. The smallest absolute Gasteiger partial charge is 0.165 e. The van der Waals surface area contributed by atoms with Gasteiger partial charge >= 0.3 is 0 Å². The van der Waals surface area contributed by atoms with E-state index < -0.39 is 0 Å². The van der Waals surface area contributed by atoms with Crippen LogP contribution in [-0.2, 0) is 0 Å². The van der Waals surface area contributed by atoms with Crippen LogP contribution in [0.3, 0.4) is 0 Å². The largest absolute Gasteiger partial charge is 0.361 e. The van der Waals surface area contributed by atoms with E-state index in [1.807, 2.05) is 38.1 Å². The fraction of sp³-hybridized carbons (Fsp3) is 0.214. The summed E-state index contributed by atoms with van der Waals surface area (Å²) in [5, 5.41) is 3.08. The lowest BCUT2D eigenvalue weighted by atomic mass is 10.0. The number of nitrogens with one attached hydrogen (secondary N) is 1. The zero-order valence-corrected chi connectivity index (χ0v) is 9.94. The van der Waals surface area contributed by atoms with E-state index in [9.17, 15) is 4.39 Å². The van der Waals surface area contributed by atoms with E-state index in [0.717, 1.165) is 5.56 Å². The molecule has 0 amide bonds. The lowest BCUT2D eigenvalue weighted by Gasteiger charge is -2.17. The maximum atomic E-state index is 13.4. The lowest BCUT2D eigenvalue weighted by molar-refractivity contribution is 0.621. The van der Waals surface area contributed by atoms with E-state index >= 15 is 0 Å². The summed E-state index contributed by atoms with van der Waals surface area (Å²) in [5.41, 5.74) is 2.33. The van der Waals surface area contributed by atoms with Crippen molar-refractivity contribution < 1.29 is 4.39 Å². The Bertz CT molecular complexity index is 511. The first-order valence-corrected chi connectivity index (χ1v) is 5.61. The van der Waals surface area contributed by atoms with Gasteiger partial charge in [0.2, 0.25) is 0 Å². The Morgan fingerprint density at radius 3 is 2.65 bits per heavy atom. The predicted octanol–water partition coefficient (Wildman–Crippen LogP) is 3.70. The second-order valence-electron chi connectivity index (χ2n) is 4.06. The Labute approximate surface area is 101 Å². The van der Waals surface area contributed by atoms with Gasteiger partial charge in [0.25, 0.3) is 0 Å². The minimum atomic E-state index is -0.326. The number of pyridine rings is 1. The van der Waals surface area contributed by atoms with Gasteiger partial charge in [-0.05, 0) is 37.1 Å². The highest BCUT2D eigenvalue weighted by molar-refractivity contribution is 5.40. The first kappa shape index (κ1) is 11.6. The van der Waals surface area contributed by atoms with E-state index in [-0.39, 0.29) is 11.9 Å². The molecule has 2 aromatic rings. The third-order valence-corrected chi connectivity index (χ3v) is 2.77. The standard InChI is InChI=1S/C14H15FN2/c1-10-6-3-4-7-12(10)11(2)17-14-13(15)8-5-9-16-14/h3-9,11H,1-2H3,(H,16,17). The van der Waals surface area contributed by atoms with Crippen LogP contribution in [0.25, 0.3) is 0 Å². The summed E-state index contributed by atoms with van der Waals surface area (Å²) in [5.74, 6) is -0.0313. The normalized spacial score (nSPS) is 12.2. The summed E-state index contributed by atoms with van der Waals surface area (Å²) < 4.78 is 13.4. The van der Waals surface area contributed by atoms with Crippen molar-refractivity contribution in [3.63, 3.8) is 0 Å². The fourth-order valence-electron chi connectivity index (χ4n) is 1.85. The van der Waals surface area contributed by atoms with Crippen LogP contribution in [0.5, 0.6) is 0 Å². The summed E-state index contributed by atoms with van der Waals surface area (Å²) in [7, 11) is 0. The van der Waals surface area contributed by atoms with Gasteiger partial charge in [-0.2, -0.15) is 0 Å². The van der Waals surface area contributed by atoms with Gasteiger partial charge in [0.1, 0.15) is 0 Å². The Morgan fingerprint density at radius 1 is 1.18 bits per heavy atom. The topological polar surface area (TPSA) is 24.9 Å². The lowest BCUT2D eigenvalue weighted by Crippen LogP contribution is -2.10. The molecule has 1 unspecified atom stereocenters. The van der Waals surface area contributed by atoms with E-state index in [2.05, 4.69) is 10.3 Å². The first-order valence-electron chi connectivity index (χ1n) is 5.61. The quantitative estimate of drug-likeness (QED) is 0.869. The number of aromatic nitrogens is 1. The molecule has 17 heavy (non-hydrogen) atoms. The molecule has 0 saturated carbocycles. The number of aryl methyl sites for hydroxylation is 1. The minimum Gasteiger partial charge on any atom is -0.361 e. The van der Waals surface area contributed by atoms with Gasteiger partial charge in [0.05, 0.1) is 6.04 Å². The molecular weight excluding hydrogens is 215 g/mol. The van der Waals surface area contributed by atoms with E-state index in [1.54, 1.807) is 12.3 Å². The molecular formula is C14H15FN2. The number of hydrogen-bond acceptors (Lipinski definition) is 2. The fourth-order valence-corrected chi connectivity index (χ4v) is 1.85. The van der Waals surface area contributed by atoms with Gasteiger partial charge in [-0.3, -0.25) is 0 Å². The van der Waals surface area contributed by atoms with Crippen LogP contribution in [0.4, 0.5) is 10.2 Å². The minimum absolute atomic E-state index is 0.0283. The van der Waals surface area contributed by atoms with Crippen LogP contribution in [-0.4, -0.2) is 4.98 Å². The molecule has 1 heterocycles. The molecule has 1 aromatic heterocycles. The molecule has 3 heteroatoms. The van der Waals surface area contributed by atoms with Crippen LogP contribution >= 0.6 is 0 Å². The zero-order chi connectivity index (χ0) is 12.3. The molecule has 0 fully saturated rings.